The number of aliphatic hydroxyl groups excluding tert-OH is 1. The van der Waals surface area contributed by atoms with Crippen LogP contribution in [0.15, 0.2) is 59.0 Å². The van der Waals surface area contributed by atoms with Gasteiger partial charge in [-0.25, -0.2) is 23.8 Å². The standard InChI is InChI=1S/C16H10BrF2N4O.H2O/c17-8-13-15-16(24)22(9-5-6-10(18)11(19)7-9)21-23(15)14-4-2-1-3-12(14)20-13;/h1-7,24H,8H2;1H2. The largest absolute Gasteiger partial charge is 0.492 e. The number of fused-ring (bicyclic) bond motifs is 3. The molecule has 129 valence electrons. The molecule has 2 aromatic rings. The van der Waals surface area contributed by atoms with Crippen LogP contribution >= 0.6 is 15.9 Å². The van der Waals surface area contributed by atoms with E-state index in [4.69, 9.17) is 0 Å². The van der Waals surface area contributed by atoms with Gasteiger partial charge in [0.25, 0.3) is 0 Å². The Hall–Kier alpha value is -2.49. The van der Waals surface area contributed by atoms with E-state index in [1.54, 1.807) is 0 Å². The van der Waals surface area contributed by atoms with Gasteiger partial charge in [-0.15, -0.1) is 0 Å². The Morgan fingerprint density at radius 3 is 2.52 bits per heavy atom. The molecule has 0 fully saturated rings. The van der Waals surface area contributed by atoms with Crippen LogP contribution in [0.25, 0.3) is 0 Å². The van der Waals surface area contributed by atoms with E-state index in [9.17, 15) is 13.9 Å². The molecule has 0 aliphatic carbocycles. The molecule has 0 atom stereocenters. The first-order valence-electron chi connectivity index (χ1n) is 7.03. The van der Waals surface area contributed by atoms with E-state index in [0.29, 0.717) is 28.1 Å². The summed E-state index contributed by atoms with van der Waals surface area (Å²) < 4.78 is 26.7. The summed E-state index contributed by atoms with van der Waals surface area (Å²) in [5.74, 6) is -2.18. The Labute approximate surface area is 150 Å². The molecule has 9 heteroatoms. The maximum atomic E-state index is 13.5. The minimum atomic E-state index is -1.01. The second kappa shape index (κ2) is 6.43. The molecule has 0 unspecified atom stereocenters. The third-order valence-corrected chi connectivity index (χ3v) is 4.25. The fourth-order valence-corrected chi connectivity index (χ4v) is 3.00. The summed E-state index contributed by atoms with van der Waals surface area (Å²) in [4.78, 5) is 4.51. The molecule has 3 N–H and O–H groups in total. The van der Waals surface area contributed by atoms with Gasteiger partial charge < -0.3 is 10.6 Å². The van der Waals surface area contributed by atoms with Crippen LogP contribution in [-0.2, 0) is 0 Å². The second-order valence-corrected chi connectivity index (χ2v) is 5.73. The van der Waals surface area contributed by atoms with Gasteiger partial charge in [0.2, 0.25) is 5.88 Å². The van der Waals surface area contributed by atoms with Crippen LogP contribution in [0, 0.1) is 11.6 Å². The highest BCUT2D eigenvalue weighted by molar-refractivity contribution is 9.09. The summed E-state index contributed by atoms with van der Waals surface area (Å²) in [5.41, 5.74) is 6.91. The molecule has 0 saturated carbocycles. The van der Waals surface area contributed by atoms with E-state index >= 15 is 0 Å². The van der Waals surface area contributed by atoms with Crippen molar-refractivity contribution in [3.63, 3.8) is 0 Å². The van der Waals surface area contributed by atoms with E-state index in [-0.39, 0.29) is 17.0 Å². The average Bonchev–Trinajstić information content (AvgIpc) is 2.95. The monoisotopic (exact) mass is 409 g/mol. The van der Waals surface area contributed by atoms with Crippen molar-refractivity contribution < 1.29 is 19.4 Å². The van der Waals surface area contributed by atoms with Crippen LogP contribution in [0.3, 0.4) is 0 Å². The molecule has 2 aliphatic heterocycles. The second-order valence-electron chi connectivity index (χ2n) is 5.16. The summed E-state index contributed by atoms with van der Waals surface area (Å²) in [6, 6.07) is 10.6. The smallest absolute Gasteiger partial charge is 0.237 e. The number of benzene rings is 2. The number of hydrogen-bond acceptors (Lipinski definition) is 4. The molecule has 2 aliphatic rings. The topological polar surface area (TPSA) is 84.7 Å². The molecule has 25 heavy (non-hydrogen) atoms. The third-order valence-electron chi connectivity index (χ3n) is 3.72. The summed E-state index contributed by atoms with van der Waals surface area (Å²) in [6.45, 7) is 0. The van der Waals surface area contributed by atoms with Gasteiger partial charge in [0, 0.05) is 11.4 Å². The molecule has 0 bridgehead atoms. The highest BCUT2D eigenvalue weighted by Gasteiger charge is 2.39. The molecule has 2 heterocycles. The molecular weight excluding hydrogens is 398 g/mol. The van der Waals surface area contributed by atoms with Crippen LogP contribution in [0.4, 0.5) is 25.8 Å². The molecule has 1 radical (unpaired) electrons. The van der Waals surface area contributed by atoms with Gasteiger partial charge in [0.15, 0.2) is 11.6 Å². The zero-order valence-corrected chi connectivity index (χ0v) is 14.2. The summed E-state index contributed by atoms with van der Waals surface area (Å²) >= 11 is 3.35. The quantitative estimate of drug-likeness (QED) is 0.773. The number of halogens is 3. The first-order valence-corrected chi connectivity index (χ1v) is 8.15. The number of alkyl halides is 1. The van der Waals surface area contributed by atoms with Crippen molar-refractivity contribution in [1.82, 2.24) is 5.53 Å². The maximum absolute atomic E-state index is 13.5. The lowest BCUT2D eigenvalue weighted by atomic mass is 10.1. The lowest BCUT2D eigenvalue weighted by molar-refractivity contribution is 0.387. The lowest BCUT2D eigenvalue weighted by Gasteiger charge is -2.25. The molecule has 0 amide bonds. The zero-order chi connectivity index (χ0) is 16.8. The molecule has 2 aromatic carbocycles. The van der Waals surface area contributed by atoms with E-state index in [0.717, 1.165) is 17.1 Å². The fraction of sp³-hybridized carbons (Fsp3) is 0.0625. The Kier molecular flexibility index (Phi) is 4.46. The van der Waals surface area contributed by atoms with Crippen molar-refractivity contribution in [3.05, 3.63) is 65.7 Å². The predicted molar refractivity (Wildman–Crippen MR) is 94.0 cm³/mol. The number of rotatable bonds is 2. The van der Waals surface area contributed by atoms with Crippen molar-refractivity contribution in [2.24, 2.45) is 4.99 Å². The first-order chi connectivity index (χ1) is 11.6. The van der Waals surface area contributed by atoms with Crippen molar-refractivity contribution in [2.45, 2.75) is 0 Å². The molecule has 0 aromatic heterocycles. The number of aliphatic hydroxyl groups is 1. The van der Waals surface area contributed by atoms with E-state index in [2.05, 4.69) is 26.5 Å². The number of hydrogen-bond donors (Lipinski definition) is 1. The van der Waals surface area contributed by atoms with E-state index in [1.165, 1.54) is 11.1 Å². The first kappa shape index (κ1) is 17.3. The number of aliphatic imine (C=N–C) groups is 1. The van der Waals surface area contributed by atoms with Crippen molar-refractivity contribution in [2.75, 3.05) is 15.3 Å². The number of nitrogens with zero attached hydrogens (tertiary/aromatic N) is 4. The number of para-hydroxylation sites is 2. The minimum Gasteiger partial charge on any atom is -0.492 e. The normalized spacial score (nSPS) is 15.6. The highest BCUT2D eigenvalue weighted by atomic mass is 79.9. The average molecular weight is 410 g/mol. The van der Waals surface area contributed by atoms with Crippen molar-refractivity contribution in [3.8, 4) is 0 Å². The fourth-order valence-electron chi connectivity index (χ4n) is 2.61. The van der Waals surface area contributed by atoms with Crippen LogP contribution in [0.2, 0.25) is 0 Å². The Bertz CT molecular complexity index is 903. The van der Waals surface area contributed by atoms with Crippen LogP contribution in [-0.4, -0.2) is 21.6 Å². The summed E-state index contributed by atoms with van der Waals surface area (Å²) in [7, 11) is 0. The Morgan fingerprint density at radius 1 is 1.04 bits per heavy atom. The minimum absolute atomic E-state index is 0. The van der Waals surface area contributed by atoms with Crippen molar-refractivity contribution >= 4 is 38.7 Å². The van der Waals surface area contributed by atoms with Gasteiger partial charge in [0.1, 0.15) is 5.70 Å². The van der Waals surface area contributed by atoms with Crippen LogP contribution in [0.5, 0.6) is 0 Å². The third kappa shape index (κ3) is 2.66. The summed E-state index contributed by atoms with van der Waals surface area (Å²) in [6.07, 6.45) is 0. The maximum Gasteiger partial charge on any atom is 0.237 e. The summed E-state index contributed by atoms with van der Waals surface area (Å²) in [5, 5.41) is 13.7. The van der Waals surface area contributed by atoms with Crippen LogP contribution < -0.4 is 15.6 Å². The lowest BCUT2D eigenvalue weighted by Crippen LogP contribution is -2.37. The van der Waals surface area contributed by atoms with E-state index in [1.807, 2.05) is 24.3 Å². The Balaban J connectivity index is 0.00000182. The zero-order valence-electron chi connectivity index (χ0n) is 12.6. The van der Waals surface area contributed by atoms with Gasteiger partial charge in [0.05, 0.1) is 22.8 Å². The van der Waals surface area contributed by atoms with Gasteiger partial charge in [-0.1, -0.05) is 28.1 Å². The van der Waals surface area contributed by atoms with Gasteiger partial charge in [-0.3, -0.25) is 0 Å². The van der Waals surface area contributed by atoms with Crippen LogP contribution in [0.1, 0.15) is 0 Å². The number of allylic oxidation sites excluding steroid dienone is 1. The molecule has 6 nitrogen and oxygen atoms in total. The molecule has 0 spiro atoms. The van der Waals surface area contributed by atoms with Gasteiger partial charge in [-0.2, -0.15) is 0 Å². The SMILES string of the molecule is O.OC1=C2C(CBr)=Nc3ccccc3N2[N]N1c1ccc(F)c(F)c1. The molecule has 4 rings (SSSR count). The van der Waals surface area contributed by atoms with E-state index < -0.39 is 11.6 Å². The molecule has 0 saturated heterocycles. The van der Waals surface area contributed by atoms with Gasteiger partial charge in [-0.05, 0) is 29.8 Å². The predicted octanol–water partition coefficient (Wildman–Crippen LogP) is 3.11. The molecular formula is C16H12BrF2N4O2. The van der Waals surface area contributed by atoms with Gasteiger partial charge >= 0.3 is 0 Å². The van der Waals surface area contributed by atoms with Crippen molar-refractivity contribution in [1.29, 1.82) is 0 Å². The number of anilines is 2. The highest BCUT2D eigenvalue weighted by Crippen LogP contribution is 2.40. The Morgan fingerprint density at radius 2 is 1.80 bits per heavy atom.